The van der Waals surface area contributed by atoms with Crippen LogP contribution in [0.2, 0.25) is 0 Å². The normalized spacial score (nSPS) is 17.4. The van der Waals surface area contributed by atoms with E-state index >= 15 is 4.57 Å². The molecule has 8 nitrogen and oxygen atoms in total. The summed E-state index contributed by atoms with van der Waals surface area (Å²) in [6, 6.07) is 83.6. The Labute approximate surface area is 476 Å². The lowest BCUT2D eigenvalue weighted by atomic mass is 9.77. The first-order valence-corrected chi connectivity index (χ1v) is 32.3. The molecule has 0 aromatic heterocycles. The van der Waals surface area contributed by atoms with E-state index in [4.69, 9.17) is 23.1 Å². The first-order chi connectivity index (χ1) is 39.9. The van der Waals surface area contributed by atoms with Crippen LogP contribution in [0.4, 0.5) is 13.2 Å². The van der Waals surface area contributed by atoms with Gasteiger partial charge < -0.3 is 27.7 Å². The minimum atomic E-state index is -5.90. The largest absolute Gasteiger partial charge is 0.534 e. The van der Waals surface area contributed by atoms with E-state index in [0.29, 0.717) is 19.0 Å². The molecular formula is C67H50F3O8P3S. The smallest absolute Gasteiger partial charge is 0.492 e. The fourth-order valence-electron chi connectivity index (χ4n) is 11.9. The number of hydrogen-bond acceptors (Lipinski definition) is 8. The molecule has 2 unspecified atom stereocenters. The molecule has 0 aliphatic carbocycles. The molecule has 0 fully saturated rings. The maximum Gasteiger partial charge on any atom is 0.534 e. The minimum absolute atomic E-state index is 0.0610. The van der Waals surface area contributed by atoms with Gasteiger partial charge in [-0.1, -0.05) is 224 Å². The lowest BCUT2D eigenvalue weighted by Crippen LogP contribution is -2.40. The van der Waals surface area contributed by atoms with E-state index in [1.807, 2.05) is 158 Å². The predicted octanol–water partition coefficient (Wildman–Crippen LogP) is 10.9. The summed E-state index contributed by atoms with van der Waals surface area (Å²) < 4.78 is 109. The molecule has 4 aliphatic rings. The first kappa shape index (κ1) is 53.3. The van der Waals surface area contributed by atoms with Crippen molar-refractivity contribution in [3.05, 3.63) is 277 Å². The summed E-state index contributed by atoms with van der Waals surface area (Å²) in [4.78, 5) is 0. The lowest BCUT2D eigenvalue weighted by Gasteiger charge is -2.31. The van der Waals surface area contributed by atoms with Gasteiger partial charge in [0.2, 0.25) is 0 Å². The van der Waals surface area contributed by atoms with Crippen LogP contribution in [-0.2, 0) is 25.5 Å². The Balaban J connectivity index is 0.000000156. The van der Waals surface area contributed by atoms with E-state index in [-0.39, 0.29) is 24.5 Å². The van der Waals surface area contributed by atoms with Gasteiger partial charge in [-0.05, 0) is 78.0 Å². The van der Waals surface area contributed by atoms with Gasteiger partial charge in [0.1, 0.15) is 49.4 Å². The van der Waals surface area contributed by atoms with Gasteiger partial charge in [-0.25, -0.2) is 0 Å². The van der Waals surface area contributed by atoms with Gasteiger partial charge in [-0.15, -0.1) is 0 Å². The zero-order valence-corrected chi connectivity index (χ0v) is 47.2. The Morgan fingerprint density at radius 1 is 0.390 bits per heavy atom. The van der Waals surface area contributed by atoms with Gasteiger partial charge in [-0.3, -0.25) is 0 Å². The first-order valence-electron chi connectivity index (χ1n) is 26.5. The molecule has 408 valence electrons. The van der Waals surface area contributed by atoms with Crippen LogP contribution >= 0.6 is 23.0 Å². The summed E-state index contributed by atoms with van der Waals surface area (Å²) in [7, 11) is -11.2. The zero-order chi connectivity index (χ0) is 56.1. The van der Waals surface area contributed by atoms with Crippen molar-refractivity contribution in [3.8, 4) is 28.7 Å². The van der Waals surface area contributed by atoms with Gasteiger partial charge in [0, 0.05) is 32.6 Å². The number of benzene rings is 10. The van der Waals surface area contributed by atoms with Crippen molar-refractivity contribution < 1.29 is 49.3 Å². The Morgan fingerprint density at radius 3 is 1.09 bits per heavy atom. The monoisotopic (exact) mass is 1160 g/mol. The Hall–Kier alpha value is -7.97. The molecule has 15 heteroatoms. The Morgan fingerprint density at radius 2 is 0.707 bits per heavy atom. The summed E-state index contributed by atoms with van der Waals surface area (Å²) in [5.41, 5.74) is -4.12. The van der Waals surface area contributed by atoms with Crippen molar-refractivity contribution in [1.82, 2.24) is 0 Å². The molecule has 0 N–H and O–H groups in total. The van der Waals surface area contributed by atoms with Crippen LogP contribution in [0.25, 0.3) is 0 Å². The highest BCUT2D eigenvalue weighted by atomic mass is 32.2. The Bertz CT molecular complexity index is 4020. The van der Waals surface area contributed by atoms with Crippen molar-refractivity contribution in [2.75, 3.05) is 26.4 Å². The fourth-order valence-corrected chi connectivity index (χ4v) is 20.5. The van der Waals surface area contributed by atoms with Crippen LogP contribution in [-0.4, -0.2) is 40.4 Å². The van der Waals surface area contributed by atoms with Crippen LogP contribution in [0.5, 0.6) is 28.7 Å². The van der Waals surface area contributed by atoms with Crippen LogP contribution in [0.1, 0.15) is 22.3 Å². The van der Waals surface area contributed by atoms with Crippen LogP contribution in [0, 0.1) is 0 Å². The quantitative estimate of drug-likeness (QED) is 0.0718. The molecule has 10 aromatic rings. The number of halogens is 3. The van der Waals surface area contributed by atoms with E-state index < -0.39 is 55.2 Å². The van der Waals surface area contributed by atoms with E-state index in [2.05, 4.69) is 78.9 Å². The minimum Gasteiger partial charge on any atom is -0.492 e. The molecule has 0 saturated carbocycles. The fraction of sp³-hybridized carbons (Fsp3) is 0.104. The summed E-state index contributed by atoms with van der Waals surface area (Å²) >= 11 is 0. The second-order valence-corrected chi connectivity index (χ2v) is 28.8. The Kier molecular flexibility index (Phi) is 13.9. The molecule has 4 aliphatic heterocycles. The molecule has 0 bridgehead atoms. The molecular weight excluding hydrogens is 1110 g/mol. The van der Waals surface area contributed by atoms with Crippen molar-refractivity contribution in [1.29, 1.82) is 0 Å². The van der Waals surface area contributed by atoms with Gasteiger partial charge in [0.25, 0.3) is 0 Å². The van der Waals surface area contributed by atoms with Crippen molar-refractivity contribution >= 4 is 80.8 Å². The average Bonchev–Trinajstić information content (AvgIpc) is 2.51. The van der Waals surface area contributed by atoms with Crippen LogP contribution in [0.3, 0.4) is 0 Å². The molecule has 0 amide bonds. The number of alkyl halides is 3. The zero-order valence-electron chi connectivity index (χ0n) is 43.7. The van der Waals surface area contributed by atoms with Crippen molar-refractivity contribution in [3.63, 3.8) is 0 Å². The van der Waals surface area contributed by atoms with E-state index in [0.717, 1.165) is 60.0 Å². The van der Waals surface area contributed by atoms with Crippen molar-refractivity contribution in [2.45, 2.75) is 16.3 Å². The third kappa shape index (κ3) is 9.08. The number of ether oxygens (including phenoxy) is 4. The predicted molar refractivity (Wildman–Crippen MR) is 322 cm³/mol. The van der Waals surface area contributed by atoms with Crippen molar-refractivity contribution in [2.24, 2.45) is 0 Å². The number of rotatable bonds is 11. The van der Waals surface area contributed by atoms with Crippen LogP contribution in [0.15, 0.2) is 255 Å². The molecule has 2 atom stereocenters. The summed E-state index contributed by atoms with van der Waals surface area (Å²) in [5.74, 6) is 2.07. The molecule has 0 radical (unpaired) electrons. The highest BCUT2D eigenvalue weighted by Gasteiger charge is 2.56. The molecule has 0 saturated heterocycles. The molecule has 14 rings (SSSR count). The van der Waals surface area contributed by atoms with E-state index in [1.165, 1.54) is 28.0 Å². The molecule has 2 spiro atoms. The standard InChI is InChI=1S/C39H30O3P2.C28H20F3O5PS/c40-44(31-19-9-3-10-20-31,32-21-11-4-12-22-32)36-26-14-24-34-38(36)39(28-42-34)27-41-33-23-13-25-35(37(33)39)43(29-15-5-1-6-16-29)30-17-7-2-8-18-30;29-28(30,31)38(32,33)36-23-15-7-13-21-25(23)27(17-34-21)18-35-22-14-8-16-24(26(22)27)37(19-9-3-1-4-10-19)20-11-5-2-6-12-20/h1-26H,27-28H2;1-16H,17-18H2. The van der Waals surface area contributed by atoms with Gasteiger partial charge in [0.15, 0.2) is 12.9 Å². The van der Waals surface area contributed by atoms with E-state index in [9.17, 15) is 21.6 Å². The summed E-state index contributed by atoms with van der Waals surface area (Å²) in [6.07, 6.45) is 0. The van der Waals surface area contributed by atoms with Gasteiger partial charge >= 0.3 is 15.6 Å². The van der Waals surface area contributed by atoms with Gasteiger partial charge in [-0.2, -0.15) is 21.6 Å². The maximum absolute atomic E-state index is 15.8. The number of hydrogen-bond donors (Lipinski definition) is 0. The SMILES string of the molecule is O=P(c1ccccc1)(c1ccccc1)c1cccc2c1C1(COc3cccc(P(c4ccccc4)c4ccccc4)c31)CO2.O=S(=O)(Oc1cccc2c1C1(CO2)COc2cccc(P(c3ccccc3)c3ccccc3)c21)C(F)(F)F. The second kappa shape index (κ2) is 21.4. The third-order valence-corrected chi connectivity index (χ3v) is 24.4. The summed E-state index contributed by atoms with van der Waals surface area (Å²) in [5, 5.41) is 9.33. The lowest BCUT2D eigenvalue weighted by molar-refractivity contribution is -0.0500. The number of fused-ring (bicyclic) bond motifs is 8. The highest BCUT2D eigenvalue weighted by Crippen LogP contribution is 2.58. The molecule has 82 heavy (non-hydrogen) atoms. The van der Waals surface area contributed by atoms with Gasteiger partial charge in [0.05, 0.1) is 16.4 Å². The highest BCUT2D eigenvalue weighted by molar-refractivity contribution is 7.88. The van der Waals surface area contributed by atoms with Crippen LogP contribution < -0.4 is 70.9 Å². The molecule has 10 aromatic carbocycles. The average molecular weight is 1170 g/mol. The summed E-state index contributed by atoms with van der Waals surface area (Å²) in [6.45, 7) is 0.983. The second-order valence-electron chi connectivity index (χ2n) is 20.2. The topological polar surface area (TPSA) is 97.4 Å². The third-order valence-electron chi connectivity index (χ3n) is 15.4. The maximum atomic E-state index is 15.8. The molecule has 4 heterocycles. The van der Waals surface area contributed by atoms with E-state index in [1.54, 1.807) is 6.07 Å².